The molecule has 0 aromatic carbocycles. The third kappa shape index (κ3) is 5.12. The van der Waals surface area contributed by atoms with Crippen molar-refractivity contribution in [3.8, 4) is 0 Å². The molecule has 1 aromatic rings. The second kappa shape index (κ2) is 7.40. The summed E-state index contributed by atoms with van der Waals surface area (Å²) in [4.78, 5) is 14.8. The molecular formula is C12H16N2O3. The van der Waals surface area contributed by atoms with Crippen molar-refractivity contribution in [2.75, 3.05) is 6.54 Å². The zero-order valence-corrected chi connectivity index (χ0v) is 9.45. The zero-order valence-electron chi connectivity index (χ0n) is 9.45. The summed E-state index contributed by atoms with van der Waals surface area (Å²) in [5, 5.41) is 8.89. The maximum absolute atomic E-state index is 10.8. The second-order valence-corrected chi connectivity index (χ2v) is 3.46. The van der Waals surface area contributed by atoms with Gasteiger partial charge in [0.2, 0.25) is 0 Å². The fraction of sp³-hybridized carbons (Fsp3) is 0.333. The van der Waals surface area contributed by atoms with Crippen molar-refractivity contribution in [2.45, 2.75) is 18.9 Å². The summed E-state index contributed by atoms with van der Waals surface area (Å²) >= 11 is 0. The van der Waals surface area contributed by atoms with Gasteiger partial charge in [-0.15, -0.1) is 0 Å². The lowest BCUT2D eigenvalue weighted by molar-refractivity contribution is -0.138. The topological polar surface area (TPSA) is 88.8 Å². The first-order chi connectivity index (χ1) is 8.24. The molecule has 92 valence electrons. The van der Waals surface area contributed by atoms with Crippen LogP contribution in [0.4, 0.5) is 0 Å². The molecule has 3 N–H and O–H groups in total. The second-order valence-electron chi connectivity index (χ2n) is 3.46. The van der Waals surface area contributed by atoms with Crippen molar-refractivity contribution >= 4 is 18.3 Å². The Morgan fingerprint density at radius 1 is 1.65 bits per heavy atom. The van der Waals surface area contributed by atoms with Gasteiger partial charge < -0.3 is 15.3 Å². The van der Waals surface area contributed by atoms with Crippen LogP contribution in [0.15, 0.2) is 33.9 Å². The molecule has 0 spiro atoms. The monoisotopic (exact) mass is 236 g/mol. The van der Waals surface area contributed by atoms with E-state index >= 15 is 0 Å². The van der Waals surface area contributed by atoms with Crippen molar-refractivity contribution in [1.29, 1.82) is 0 Å². The maximum atomic E-state index is 10.8. The van der Waals surface area contributed by atoms with Gasteiger partial charge in [0.05, 0.1) is 6.26 Å². The number of carbonyl (C=O) groups is 1. The molecule has 17 heavy (non-hydrogen) atoms. The summed E-state index contributed by atoms with van der Waals surface area (Å²) in [7, 11) is 0. The van der Waals surface area contributed by atoms with Crippen molar-refractivity contribution in [1.82, 2.24) is 0 Å². The van der Waals surface area contributed by atoms with Crippen LogP contribution in [0.2, 0.25) is 0 Å². The summed E-state index contributed by atoms with van der Waals surface area (Å²) in [6.45, 7) is 0.474. The predicted molar refractivity (Wildman–Crippen MR) is 65.9 cm³/mol. The van der Waals surface area contributed by atoms with Gasteiger partial charge in [-0.1, -0.05) is 0 Å². The number of nitrogens with two attached hydrogens (primary N) is 1. The molecule has 1 rings (SSSR count). The Morgan fingerprint density at radius 3 is 3.06 bits per heavy atom. The average Bonchev–Trinajstić information content (AvgIpc) is 2.80. The van der Waals surface area contributed by atoms with Crippen LogP contribution in [0, 0.1) is 0 Å². The summed E-state index contributed by atoms with van der Waals surface area (Å²) < 4.78 is 5.07. The molecular weight excluding hydrogens is 220 g/mol. The quantitative estimate of drug-likeness (QED) is 0.703. The number of rotatable bonds is 7. The minimum absolute atomic E-state index is 0.455. The largest absolute Gasteiger partial charge is 0.480 e. The highest BCUT2D eigenvalue weighted by Gasteiger charge is 2.13. The van der Waals surface area contributed by atoms with Gasteiger partial charge in [0.1, 0.15) is 11.8 Å². The van der Waals surface area contributed by atoms with E-state index in [0.29, 0.717) is 25.1 Å². The normalized spacial score (nSPS) is 13.5. The lowest BCUT2D eigenvalue weighted by atomic mass is 10.1. The third-order valence-corrected chi connectivity index (χ3v) is 2.12. The van der Waals surface area contributed by atoms with Crippen molar-refractivity contribution in [3.63, 3.8) is 0 Å². The molecule has 0 fully saturated rings. The molecule has 0 aliphatic heterocycles. The number of carboxylic acid groups (broad SMARTS) is 1. The van der Waals surface area contributed by atoms with E-state index in [-0.39, 0.29) is 0 Å². The van der Waals surface area contributed by atoms with Gasteiger partial charge in [-0.05, 0) is 43.7 Å². The number of aliphatic carboxylic acids is 1. The number of allylic oxidation sites excluding steroid dienone is 1. The van der Waals surface area contributed by atoms with Gasteiger partial charge in [-0.2, -0.15) is 0 Å². The van der Waals surface area contributed by atoms with Gasteiger partial charge in [0.15, 0.2) is 0 Å². The molecule has 1 atom stereocenters. The Bertz CT molecular complexity index is 382. The predicted octanol–water partition coefficient (Wildman–Crippen LogP) is 1.56. The first-order valence-electron chi connectivity index (χ1n) is 5.40. The number of hydrogen-bond donors (Lipinski definition) is 2. The Hall–Kier alpha value is -1.88. The van der Waals surface area contributed by atoms with E-state index in [0.717, 1.165) is 0 Å². The van der Waals surface area contributed by atoms with Gasteiger partial charge >= 0.3 is 5.97 Å². The van der Waals surface area contributed by atoms with E-state index < -0.39 is 12.0 Å². The Labute approximate surface area is 99.6 Å². The number of hydrogen-bond acceptors (Lipinski definition) is 4. The number of carboxylic acids is 1. The molecule has 5 nitrogen and oxygen atoms in total. The average molecular weight is 236 g/mol. The van der Waals surface area contributed by atoms with Crippen LogP contribution < -0.4 is 5.73 Å². The lowest BCUT2D eigenvalue weighted by Gasteiger charge is -2.04. The molecule has 0 amide bonds. The lowest BCUT2D eigenvalue weighted by Crippen LogP contribution is -2.19. The standard InChI is InChI=1S/C12H16N2O3/c13-7-1-6-11(12(15)16)14-8-2-4-10-5-3-9-17-10/h2-5,8-9,11H,1,6-7,13H2,(H,15,16)/b4-2+,14-8?. The van der Waals surface area contributed by atoms with Crippen molar-refractivity contribution in [2.24, 2.45) is 10.7 Å². The molecule has 1 aromatic heterocycles. The van der Waals surface area contributed by atoms with Crippen molar-refractivity contribution in [3.05, 3.63) is 30.2 Å². The van der Waals surface area contributed by atoms with E-state index in [1.54, 1.807) is 30.5 Å². The molecule has 0 saturated heterocycles. The van der Waals surface area contributed by atoms with E-state index in [9.17, 15) is 4.79 Å². The van der Waals surface area contributed by atoms with E-state index in [2.05, 4.69) is 4.99 Å². The van der Waals surface area contributed by atoms with Crippen LogP contribution in [0.25, 0.3) is 6.08 Å². The fourth-order valence-electron chi connectivity index (χ4n) is 1.25. The smallest absolute Gasteiger partial charge is 0.328 e. The minimum Gasteiger partial charge on any atom is -0.480 e. The summed E-state index contributed by atoms with van der Waals surface area (Å²) in [5.41, 5.74) is 5.32. The highest BCUT2D eigenvalue weighted by molar-refractivity contribution is 5.81. The SMILES string of the molecule is NCCCC(N=C/C=C/c1ccco1)C(=O)O. The highest BCUT2D eigenvalue weighted by Crippen LogP contribution is 2.03. The van der Waals surface area contributed by atoms with Gasteiger partial charge in [0.25, 0.3) is 0 Å². The zero-order chi connectivity index (χ0) is 12.5. The van der Waals surface area contributed by atoms with Crippen LogP contribution in [-0.2, 0) is 4.79 Å². The third-order valence-electron chi connectivity index (χ3n) is 2.12. The van der Waals surface area contributed by atoms with Crippen LogP contribution in [-0.4, -0.2) is 29.9 Å². The van der Waals surface area contributed by atoms with E-state index in [1.165, 1.54) is 6.21 Å². The van der Waals surface area contributed by atoms with Crippen LogP contribution in [0.5, 0.6) is 0 Å². The van der Waals surface area contributed by atoms with Crippen LogP contribution in [0.3, 0.4) is 0 Å². The van der Waals surface area contributed by atoms with E-state index in [4.69, 9.17) is 15.3 Å². The molecule has 1 heterocycles. The summed E-state index contributed by atoms with van der Waals surface area (Å²) in [6, 6.07) is 2.85. The first-order valence-corrected chi connectivity index (χ1v) is 5.40. The Balaban J connectivity index is 2.46. The Morgan fingerprint density at radius 2 is 2.47 bits per heavy atom. The fourth-order valence-corrected chi connectivity index (χ4v) is 1.25. The van der Waals surface area contributed by atoms with E-state index in [1.807, 2.05) is 0 Å². The number of furan rings is 1. The maximum Gasteiger partial charge on any atom is 0.328 e. The van der Waals surface area contributed by atoms with Gasteiger partial charge in [-0.3, -0.25) is 4.99 Å². The molecule has 1 unspecified atom stereocenters. The first kappa shape index (κ1) is 13.2. The summed E-state index contributed by atoms with van der Waals surface area (Å²) in [5.74, 6) is -0.230. The molecule has 0 aliphatic carbocycles. The number of aliphatic imine (C=N–C) groups is 1. The molecule has 5 heteroatoms. The van der Waals surface area contributed by atoms with Gasteiger partial charge in [0, 0.05) is 6.21 Å². The Kier molecular flexibility index (Phi) is 5.74. The minimum atomic E-state index is -0.930. The van der Waals surface area contributed by atoms with Crippen LogP contribution >= 0.6 is 0 Å². The molecule has 0 saturated carbocycles. The molecule has 0 radical (unpaired) electrons. The highest BCUT2D eigenvalue weighted by atomic mass is 16.4. The summed E-state index contributed by atoms with van der Waals surface area (Å²) in [6.07, 6.45) is 7.51. The van der Waals surface area contributed by atoms with Gasteiger partial charge in [-0.25, -0.2) is 4.79 Å². The van der Waals surface area contributed by atoms with Crippen molar-refractivity contribution < 1.29 is 14.3 Å². The molecule has 0 aliphatic rings. The number of nitrogens with zero attached hydrogens (tertiary/aromatic N) is 1. The molecule has 0 bridgehead atoms. The van der Waals surface area contributed by atoms with Crippen LogP contribution in [0.1, 0.15) is 18.6 Å².